The normalized spacial score (nSPS) is 18.4. The molecular weight excluding hydrogens is 383 g/mol. The van der Waals surface area contributed by atoms with Gasteiger partial charge in [-0.15, -0.1) is 5.10 Å². The molecule has 1 heterocycles. The molecule has 28 heavy (non-hydrogen) atoms. The van der Waals surface area contributed by atoms with E-state index in [4.69, 9.17) is 0 Å². The molecular formula is C19H17FN4O3S. The third kappa shape index (κ3) is 4.61. The molecule has 0 unspecified atom stereocenters. The van der Waals surface area contributed by atoms with Crippen molar-refractivity contribution in [2.45, 2.75) is 25.1 Å². The molecule has 3 rings (SSSR count). The van der Waals surface area contributed by atoms with Crippen molar-refractivity contribution in [2.75, 3.05) is 0 Å². The second-order valence-electron chi connectivity index (χ2n) is 6.04. The first-order valence-electron chi connectivity index (χ1n) is 8.56. The number of halogens is 1. The second-order valence-corrected chi connectivity index (χ2v) is 7.21. The van der Waals surface area contributed by atoms with Gasteiger partial charge >= 0.3 is 0 Å². The Bertz CT molecular complexity index is 946. The van der Waals surface area contributed by atoms with Gasteiger partial charge < -0.3 is 0 Å². The molecule has 0 radical (unpaired) electrons. The number of nitro benzene ring substituents is 1. The number of carbonyl (C=O) groups is 1. The summed E-state index contributed by atoms with van der Waals surface area (Å²) in [6.07, 6.45) is 2.05. The number of amidine groups is 1. The van der Waals surface area contributed by atoms with Crippen LogP contribution in [-0.4, -0.2) is 32.4 Å². The standard InChI is InChI=1S/C19H17FN4O3S/c1-2-17-18(25)23(12-13-6-8-15(20)9-7-13)19(28-17)22-21-11-14-4-3-5-16(10-14)24(26)27/h3-11,17H,2,12H2,1H3/b21-11-,22-19-/t17-/m0/s1. The number of hydrogen-bond acceptors (Lipinski definition) is 6. The Kier molecular flexibility index (Phi) is 6.15. The zero-order valence-electron chi connectivity index (χ0n) is 15.0. The summed E-state index contributed by atoms with van der Waals surface area (Å²) in [5.74, 6) is -0.408. The molecule has 0 aromatic heterocycles. The lowest BCUT2D eigenvalue weighted by molar-refractivity contribution is -0.384. The molecule has 144 valence electrons. The highest BCUT2D eigenvalue weighted by molar-refractivity contribution is 8.15. The Morgan fingerprint density at radius 1 is 1.29 bits per heavy atom. The quantitative estimate of drug-likeness (QED) is 0.417. The molecule has 1 aliphatic rings. The fourth-order valence-corrected chi connectivity index (χ4v) is 3.65. The fourth-order valence-electron chi connectivity index (χ4n) is 2.63. The molecule has 2 aromatic rings. The van der Waals surface area contributed by atoms with Gasteiger partial charge in [-0.25, -0.2) is 4.39 Å². The molecule has 1 amide bonds. The van der Waals surface area contributed by atoms with Crippen LogP contribution in [0.25, 0.3) is 0 Å². The van der Waals surface area contributed by atoms with E-state index in [1.165, 1.54) is 47.1 Å². The summed E-state index contributed by atoms with van der Waals surface area (Å²) >= 11 is 1.32. The summed E-state index contributed by atoms with van der Waals surface area (Å²) in [5.41, 5.74) is 1.28. The van der Waals surface area contributed by atoms with Gasteiger partial charge in [0.25, 0.3) is 5.69 Å². The smallest absolute Gasteiger partial charge is 0.270 e. The number of non-ortho nitro benzene ring substituents is 1. The second kappa shape index (κ2) is 8.75. The van der Waals surface area contributed by atoms with Crippen LogP contribution in [0.3, 0.4) is 0 Å². The van der Waals surface area contributed by atoms with E-state index in [0.717, 1.165) is 5.56 Å². The van der Waals surface area contributed by atoms with E-state index in [1.807, 2.05) is 6.92 Å². The van der Waals surface area contributed by atoms with Gasteiger partial charge in [-0.2, -0.15) is 5.10 Å². The minimum atomic E-state index is -0.481. The number of rotatable bonds is 6. The van der Waals surface area contributed by atoms with Crippen LogP contribution < -0.4 is 0 Å². The summed E-state index contributed by atoms with van der Waals surface area (Å²) < 4.78 is 13.1. The van der Waals surface area contributed by atoms with E-state index in [-0.39, 0.29) is 29.2 Å². The van der Waals surface area contributed by atoms with E-state index in [1.54, 1.807) is 24.3 Å². The Labute approximate surface area is 165 Å². The van der Waals surface area contributed by atoms with Crippen LogP contribution in [0.1, 0.15) is 24.5 Å². The monoisotopic (exact) mass is 400 g/mol. The molecule has 0 aliphatic carbocycles. The summed E-state index contributed by atoms with van der Waals surface area (Å²) in [4.78, 5) is 24.5. The van der Waals surface area contributed by atoms with Crippen molar-refractivity contribution in [3.63, 3.8) is 0 Å². The molecule has 1 fully saturated rings. The number of benzene rings is 2. The third-order valence-corrected chi connectivity index (χ3v) is 5.41. The van der Waals surface area contributed by atoms with Gasteiger partial charge in [0.05, 0.1) is 22.9 Å². The first-order valence-corrected chi connectivity index (χ1v) is 9.44. The van der Waals surface area contributed by atoms with Gasteiger partial charge in [-0.05, 0) is 24.1 Å². The number of carbonyl (C=O) groups excluding carboxylic acids is 1. The maximum Gasteiger partial charge on any atom is 0.270 e. The Morgan fingerprint density at radius 2 is 2.04 bits per heavy atom. The van der Waals surface area contributed by atoms with Gasteiger partial charge in [0, 0.05) is 17.7 Å². The molecule has 1 aliphatic heterocycles. The first-order chi connectivity index (χ1) is 13.5. The van der Waals surface area contributed by atoms with E-state index in [9.17, 15) is 19.3 Å². The van der Waals surface area contributed by atoms with Crippen LogP contribution in [0, 0.1) is 15.9 Å². The summed E-state index contributed by atoms with van der Waals surface area (Å²) in [6.45, 7) is 2.19. The highest BCUT2D eigenvalue weighted by Crippen LogP contribution is 2.30. The lowest BCUT2D eigenvalue weighted by Crippen LogP contribution is -2.31. The third-order valence-electron chi connectivity index (χ3n) is 4.08. The van der Waals surface area contributed by atoms with Gasteiger partial charge in [0.1, 0.15) is 5.82 Å². The number of nitrogens with zero attached hydrogens (tertiary/aromatic N) is 4. The zero-order valence-corrected chi connectivity index (χ0v) is 15.8. The zero-order chi connectivity index (χ0) is 20.1. The van der Waals surface area contributed by atoms with Gasteiger partial charge in [-0.3, -0.25) is 19.8 Å². The minimum Gasteiger partial charge on any atom is -0.284 e. The van der Waals surface area contributed by atoms with Gasteiger partial charge in [-0.1, -0.05) is 43.0 Å². The van der Waals surface area contributed by atoms with Crippen molar-refractivity contribution in [2.24, 2.45) is 10.2 Å². The Hall–Kier alpha value is -3.07. The highest BCUT2D eigenvalue weighted by Gasteiger charge is 2.36. The largest absolute Gasteiger partial charge is 0.284 e. The average Bonchev–Trinajstić information content (AvgIpc) is 2.99. The first kappa shape index (κ1) is 19.7. The molecule has 7 nitrogen and oxygen atoms in total. The van der Waals surface area contributed by atoms with Crippen molar-refractivity contribution in [3.8, 4) is 0 Å². The van der Waals surface area contributed by atoms with Crippen LogP contribution >= 0.6 is 11.8 Å². The molecule has 9 heteroatoms. The predicted molar refractivity (Wildman–Crippen MR) is 107 cm³/mol. The Morgan fingerprint density at radius 3 is 2.71 bits per heavy atom. The van der Waals surface area contributed by atoms with Crippen LogP contribution in [0.2, 0.25) is 0 Å². The number of nitro groups is 1. The predicted octanol–water partition coefficient (Wildman–Crippen LogP) is 3.98. The average molecular weight is 400 g/mol. The fraction of sp³-hybridized carbons (Fsp3) is 0.211. The van der Waals surface area contributed by atoms with Crippen molar-refractivity contribution in [1.82, 2.24) is 4.90 Å². The van der Waals surface area contributed by atoms with Crippen molar-refractivity contribution >= 4 is 34.7 Å². The van der Waals surface area contributed by atoms with Crippen molar-refractivity contribution in [1.29, 1.82) is 0 Å². The lowest BCUT2D eigenvalue weighted by Gasteiger charge is -2.15. The molecule has 2 aromatic carbocycles. The SMILES string of the molecule is CC[C@@H]1S/C(=N\N=C/c2cccc([N+](=O)[O-])c2)N(Cc2ccc(F)cc2)C1=O. The maximum absolute atomic E-state index is 13.1. The lowest BCUT2D eigenvalue weighted by atomic mass is 10.2. The van der Waals surface area contributed by atoms with E-state index in [0.29, 0.717) is 17.2 Å². The minimum absolute atomic E-state index is 0.0361. The van der Waals surface area contributed by atoms with Gasteiger partial charge in [0.2, 0.25) is 5.91 Å². The van der Waals surface area contributed by atoms with E-state index in [2.05, 4.69) is 10.2 Å². The molecule has 1 atom stereocenters. The summed E-state index contributed by atoms with van der Waals surface area (Å²) in [5, 5.41) is 19.2. The summed E-state index contributed by atoms with van der Waals surface area (Å²) in [7, 11) is 0. The summed E-state index contributed by atoms with van der Waals surface area (Å²) in [6, 6.07) is 12.0. The van der Waals surface area contributed by atoms with Crippen molar-refractivity contribution in [3.05, 3.63) is 75.6 Å². The van der Waals surface area contributed by atoms with Crippen molar-refractivity contribution < 1.29 is 14.1 Å². The number of thioether (sulfide) groups is 1. The van der Waals surface area contributed by atoms with Crippen LogP contribution in [0.5, 0.6) is 0 Å². The molecule has 0 saturated carbocycles. The van der Waals surface area contributed by atoms with Crippen LogP contribution in [0.4, 0.5) is 10.1 Å². The Balaban J connectivity index is 1.80. The number of amides is 1. The van der Waals surface area contributed by atoms with E-state index >= 15 is 0 Å². The van der Waals surface area contributed by atoms with Gasteiger partial charge in [0.15, 0.2) is 5.17 Å². The molecule has 1 saturated heterocycles. The molecule has 0 spiro atoms. The molecule has 0 bridgehead atoms. The number of hydrogen-bond donors (Lipinski definition) is 0. The van der Waals surface area contributed by atoms with E-state index < -0.39 is 4.92 Å². The van der Waals surface area contributed by atoms with Crippen LogP contribution in [0.15, 0.2) is 58.7 Å². The van der Waals surface area contributed by atoms with Crippen LogP contribution in [-0.2, 0) is 11.3 Å². The topological polar surface area (TPSA) is 88.2 Å². The highest BCUT2D eigenvalue weighted by atomic mass is 32.2. The molecule has 0 N–H and O–H groups in total. The maximum atomic E-state index is 13.1.